The van der Waals surface area contributed by atoms with Crippen molar-refractivity contribution in [2.45, 2.75) is 37.9 Å². The van der Waals surface area contributed by atoms with Crippen LogP contribution >= 0.6 is 0 Å². The summed E-state index contributed by atoms with van der Waals surface area (Å²) in [5, 5.41) is 16.8. The fourth-order valence-corrected chi connectivity index (χ4v) is 5.13. The maximum atomic E-state index is 13.2. The minimum atomic E-state index is -0.544. The predicted octanol–water partition coefficient (Wildman–Crippen LogP) is 6.26. The summed E-state index contributed by atoms with van der Waals surface area (Å²) in [5.74, 6) is 0.00503. The molecule has 5 rings (SSSR count). The van der Waals surface area contributed by atoms with E-state index in [4.69, 9.17) is 4.74 Å². The van der Waals surface area contributed by atoms with Gasteiger partial charge in [0.15, 0.2) is 0 Å². The monoisotopic (exact) mass is 477 g/mol. The molecule has 1 aliphatic rings. The van der Waals surface area contributed by atoms with Crippen LogP contribution in [0.5, 0.6) is 0 Å². The molecule has 0 bridgehead atoms. The lowest BCUT2D eigenvalue weighted by Crippen LogP contribution is -2.34. The van der Waals surface area contributed by atoms with Gasteiger partial charge in [0.25, 0.3) is 0 Å². The number of fused-ring (bicyclic) bond motifs is 3. The molecule has 0 radical (unpaired) electrons. The molecule has 0 saturated carbocycles. The normalized spacial score (nSPS) is 14.8. The van der Waals surface area contributed by atoms with Gasteiger partial charge in [0.2, 0.25) is 0 Å². The van der Waals surface area contributed by atoms with Crippen molar-refractivity contribution < 1.29 is 11.3 Å². The molecule has 0 aromatic heterocycles. The van der Waals surface area contributed by atoms with Gasteiger partial charge in [-0.25, -0.2) is 0 Å². The molecule has 1 aliphatic carbocycles. The second-order valence-corrected chi connectivity index (χ2v) is 9.50. The lowest BCUT2D eigenvalue weighted by atomic mass is 9.93. The van der Waals surface area contributed by atoms with Crippen LogP contribution in [0.2, 0.25) is 0 Å². The Morgan fingerprint density at radius 1 is 0.778 bits per heavy atom. The van der Waals surface area contributed by atoms with E-state index < -0.39 is 12.1 Å². The molecule has 0 saturated heterocycles. The van der Waals surface area contributed by atoms with Gasteiger partial charge < -0.3 is 15.2 Å². The molecule has 4 nitrogen and oxygen atoms in total. The van der Waals surface area contributed by atoms with E-state index in [0.717, 1.165) is 11.1 Å². The summed E-state index contributed by atoms with van der Waals surface area (Å²) in [5.41, 5.74) is 6.84. The quantitative estimate of drug-likeness (QED) is 0.241. The lowest BCUT2D eigenvalue weighted by Gasteiger charge is -2.30. The topological polar surface area (TPSA) is 56.7 Å². The average Bonchev–Trinajstić information content (AvgIpc) is 3.24. The standard InChI is InChI=1S/C32H32N2O2.H2/c1-22(2)33-30(23-13-5-3-6-14-23)31(24-15-7-4-8-16-24)34-32(35)36-21-29-27-19-11-9-17-25(27)26-18-10-12-20-28(26)29;/h3-20,22,29-31,33H,21H2,1-2H3,(H,34,35);1H/p-1/t30-,31-;/m0./s1. The molecule has 4 aromatic carbocycles. The highest BCUT2D eigenvalue weighted by molar-refractivity contribution is 5.79. The lowest BCUT2D eigenvalue weighted by molar-refractivity contribution is -0.251. The SMILES string of the molecule is CC(C)N[C@@H](c1ccccc1)[C@@H](N=C([O-])OCC1c2ccccc2-c2ccccc21)c1ccccc1.[HH]. The summed E-state index contributed by atoms with van der Waals surface area (Å²) in [7, 11) is 0. The number of nitrogens with zero attached hydrogens (tertiary/aromatic N) is 1. The maximum absolute atomic E-state index is 13.2. The van der Waals surface area contributed by atoms with Crippen molar-refractivity contribution in [2.75, 3.05) is 6.61 Å². The number of ether oxygens (including phenoxy) is 1. The summed E-state index contributed by atoms with van der Waals surface area (Å²) in [6, 6.07) is 36.4. The van der Waals surface area contributed by atoms with Crippen molar-refractivity contribution in [1.29, 1.82) is 0 Å². The largest absolute Gasteiger partial charge is 0.599 e. The molecular weight excluding hydrogens is 444 g/mol. The first-order valence-electron chi connectivity index (χ1n) is 12.5. The van der Waals surface area contributed by atoms with Crippen molar-refractivity contribution in [3.63, 3.8) is 0 Å². The second kappa shape index (κ2) is 10.8. The number of rotatable bonds is 8. The molecule has 4 heteroatoms. The van der Waals surface area contributed by atoms with E-state index >= 15 is 0 Å². The van der Waals surface area contributed by atoms with E-state index in [1.54, 1.807) is 0 Å². The first-order chi connectivity index (χ1) is 17.6. The zero-order valence-corrected chi connectivity index (χ0v) is 20.7. The van der Waals surface area contributed by atoms with E-state index in [1.165, 1.54) is 22.3 Å². The molecule has 0 fully saturated rings. The number of benzene rings is 4. The first-order valence-corrected chi connectivity index (χ1v) is 12.5. The minimum Gasteiger partial charge on any atom is -0.599 e. The van der Waals surface area contributed by atoms with Gasteiger partial charge in [-0.3, -0.25) is 4.99 Å². The van der Waals surface area contributed by atoms with Gasteiger partial charge in [-0.15, -0.1) is 0 Å². The number of nitrogens with one attached hydrogen (secondary N) is 1. The molecule has 0 amide bonds. The Hall–Kier alpha value is -3.89. The molecule has 0 heterocycles. The maximum Gasteiger partial charge on any atom is 0.146 e. The molecule has 1 N–H and O–H groups in total. The Bertz CT molecular complexity index is 1280. The second-order valence-electron chi connectivity index (χ2n) is 9.50. The van der Waals surface area contributed by atoms with E-state index in [1.807, 2.05) is 60.7 Å². The van der Waals surface area contributed by atoms with Crippen LogP contribution in [-0.2, 0) is 4.74 Å². The van der Waals surface area contributed by atoms with Crippen molar-refractivity contribution in [1.82, 2.24) is 5.32 Å². The van der Waals surface area contributed by atoms with Gasteiger partial charge in [0.05, 0.1) is 12.1 Å². The summed E-state index contributed by atoms with van der Waals surface area (Å²) in [6.45, 7) is 4.46. The summed E-state index contributed by atoms with van der Waals surface area (Å²) >= 11 is 0. The number of hydrogen-bond acceptors (Lipinski definition) is 4. The van der Waals surface area contributed by atoms with Crippen LogP contribution in [0.1, 0.15) is 55.5 Å². The predicted molar refractivity (Wildman–Crippen MR) is 146 cm³/mol. The van der Waals surface area contributed by atoms with Gasteiger partial charge >= 0.3 is 0 Å². The highest BCUT2D eigenvalue weighted by atomic mass is 16.6. The van der Waals surface area contributed by atoms with Crippen molar-refractivity contribution in [2.24, 2.45) is 4.99 Å². The first kappa shape index (κ1) is 23.8. The van der Waals surface area contributed by atoms with E-state index in [2.05, 4.69) is 72.7 Å². The summed E-state index contributed by atoms with van der Waals surface area (Å²) in [6.07, 6.45) is -0.544. The van der Waals surface area contributed by atoms with Crippen molar-refractivity contribution in [3.8, 4) is 11.1 Å². The van der Waals surface area contributed by atoms with E-state index in [0.29, 0.717) is 0 Å². The molecule has 4 aromatic rings. The van der Waals surface area contributed by atoms with Crippen LogP contribution in [0, 0.1) is 0 Å². The number of aliphatic imine (C=N–C) groups is 1. The zero-order valence-electron chi connectivity index (χ0n) is 20.7. The Labute approximate surface area is 214 Å². The van der Waals surface area contributed by atoms with Crippen LogP contribution in [0.15, 0.2) is 114 Å². The van der Waals surface area contributed by atoms with Crippen molar-refractivity contribution >= 4 is 6.08 Å². The summed E-state index contributed by atoms with van der Waals surface area (Å²) in [4.78, 5) is 4.63. The van der Waals surface area contributed by atoms with Gasteiger partial charge in [-0.1, -0.05) is 123 Å². The van der Waals surface area contributed by atoms with Gasteiger partial charge in [0, 0.05) is 20.0 Å². The average molecular weight is 478 g/mol. The van der Waals surface area contributed by atoms with E-state index in [9.17, 15) is 5.11 Å². The molecule has 0 aliphatic heterocycles. The number of hydrogen-bond donors (Lipinski definition) is 1. The van der Waals surface area contributed by atoms with Crippen LogP contribution in [0.3, 0.4) is 0 Å². The highest BCUT2D eigenvalue weighted by Gasteiger charge is 2.28. The van der Waals surface area contributed by atoms with Crippen molar-refractivity contribution in [3.05, 3.63) is 131 Å². The Balaban J connectivity index is 0.00000320. The fourth-order valence-electron chi connectivity index (χ4n) is 5.13. The zero-order chi connectivity index (χ0) is 24.9. The van der Waals surface area contributed by atoms with Crippen LogP contribution < -0.4 is 10.4 Å². The van der Waals surface area contributed by atoms with Gasteiger partial charge in [0.1, 0.15) is 6.08 Å². The Kier molecular flexibility index (Phi) is 7.15. The van der Waals surface area contributed by atoms with Crippen LogP contribution in [0.25, 0.3) is 11.1 Å². The minimum absolute atomic E-state index is 0. The third kappa shape index (κ3) is 5.05. The molecule has 0 spiro atoms. The van der Waals surface area contributed by atoms with Crippen LogP contribution in [0.4, 0.5) is 0 Å². The Morgan fingerprint density at radius 2 is 1.28 bits per heavy atom. The van der Waals surface area contributed by atoms with E-state index in [-0.39, 0.29) is 26.0 Å². The molecule has 0 unspecified atom stereocenters. The van der Waals surface area contributed by atoms with Gasteiger partial charge in [-0.2, -0.15) is 0 Å². The molecular formula is C32H33N2O2-. The highest BCUT2D eigenvalue weighted by Crippen LogP contribution is 2.44. The Morgan fingerprint density at radius 3 is 1.83 bits per heavy atom. The molecule has 2 atom stereocenters. The molecule has 184 valence electrons. The molecule has 36 heavy (non-hydrogen) atoms. The van der Waals surface area contributed by atoms with Gasteiger partial charge in [-0.05, 0) is 33.4 Å². The summed E-state index contributed by atoms with van der Waals surface area (Å²) < 4.78 is 5.85. The fraction of sp³-hybridized carbons (Fsp3) is 0.219. The smallest absolute Gasteiger partial charge is 0.146 e. The third-order valence-electron chi connectivity index (χ3n) is 6.71. The van der Waals surface area contributed by atoms with Crippen LogP contribution in [-0.4, -0.2) is 18.7 Å². The third-order valence-corrected chi connectivity index (χ3v) is 6.71.